The Bertz CT molecular complexity index is 1360. The molecule has 1 aliphatic carbocycles. The lowest BCUT2D eigenvalue weighted by Gasteiger charge is -2.31. The summed E-state index contributed by atoms with van der Waals surface area (Å²) in [5, 5.41) is 3.08. The van der Waals surface area contributed by atoms with E-state index in [4.69, 9.17) is 0 Å². The second kappa shape index (κ2) is 14.9. The first-order chi connectivity index (χ1) is 19.9. The fourth-order valence-electron chi connectivity index (χ4n) is 4.76. The Labute approximate surface area is 244 Å². The summed E-state index contributed by atoms with van der Waals surface area (Å²) in [4.78, 5) is 29.3. The molecule has 1 fully saturated rings. The zero-order valence-corrected chi connectivity index (χ0v) is 24.6. The molecule has 1 saturated carbocycles. The standard InChI is InChI=1S/C33H41N3O4S/c1-2-3-10-23-34-33(38)31(24-27-11-6-4-7-12-27)36(25-28-13-8-5-9-14-28)32(37)22-17-26-15-20-30(21-16-26)41(39,40)35-29-18-19-29/h4-9,11-16,20-21,29,31,35H,2-3,10,17-19,22-25H2,1H3,(H,34,38). The number of benzene rings is 3. The summed E-state index contributed by atoms with van der Waals surface area (Å²) < 4.78 is 27.7. The van der Waals surface area contributed by atoms with Crippen LogP contribution in [0.5, 0.6) is 0 Å². The lowest BCUT2D eigenvalue weighted by atomic mass is 10.0. The largest absolute Gasteiger partial charge is 0.354 e. The van der Waals surface area contributed by atoms with Crippen LogP contribution in [0.2, 0.25) is 0 Å². The Morgan fingerprint density at radius 2 is 1.49 bits per heavy atom. The SMILES string of the molecule is CCCCCNC(=O)C(Cc1ccccc1)N(Cc1ccccc1)C(=O)CCc1ccc(S(=O)(=O)NC2CC2)cc1. The number of carbonyl (C=O) groups is 2. The van der Waals surface area contributed by atoms with E-state index in [-0.39, 0.29) is 29.2 Å². The summed E-state index contributed by atoms with van der Waals surface area (Å²) in [6, 6.07) is 25.6. The van der Waals surface area contributed by atoms with E-state index in [2.05, 4.69) is 17.0 Å². The van der Waals surface area contributed by atoms with Gasteiger partial charge in [0.2, 0.25) is 21.8 Å². The van der Waals surface area contributed by atoms with E-state index in [0.29, 0.717) is 25.9 Å². The van der Waals surface area contributed by atoms with E-state index < -0.39 is 16.1 Å². The predicted octanol–water partition coefficient (Wildman–Crippen LogP) is 5.01. The van der Waals surface area contributed by atoms with Gasteiger partial charge in [-0.3, -0.25) is 9.59 Å². The molecule has 41 heavy (non-hydrogen) atoms. The zero-order valence-electron chi connectivity index (χ0n) is 23.8. The van der Waals surface area contributed by atoms with Crippen molar-refractivity contribution >= 4 is 21.8 Å². The van der Waals surface area contributed by atoms with Gasteiger partial charge < -0.3 is 10.2 Å². The molecule has 0 heterocycles. The fourth-order valence-corrected chi connectivity index (χ4v) is 6.06. The predicted molar refractivity (Wildman–Crippen MR) is 162 cm³/mol. The first-order valence-corrected chi connectivity index (χ1v) is 16.1. The van der Waals surface area contributed by atoms with Crippen LogP contribution >= 0.6 is 0 Å². The van der Waals surface area contributed by atoms with Crippen molar-refractivity contribution in [2.45, 2.75) is 81.8 Å². The summed E-state index contributed by atoms with van der Waals surface area (Å²) >= 11 is 0. The molecule has 2 N–H and O–H groups in total. The summed E-state index contributed by atoms with van der Waals surface area (Å²) in [5.74, 6) is -0.266. The van der Waals surface area contributed by atoms with E-state index in [1.54, 1.807) is 29.2 Å². The van der Waals surface area contributed by atoms with Crippen LogP contribution in [0.1, 0.15) is 62.1 Å². The first kappa shape index (κ1) is 30.5. The Hall–Kier alpha value is -3.49. The summed E-state index contributed by atoms with van der Waals surface area (Å²) in [6.45, 7) is 3.03. The Morgan fingerprint density at radius 3 is 2.10 bits per heavy atom. The Morgan fingerprint density at radius 1 is 0.854 bits per heavy atom. The molecule has 0 radical (unpaired) electrons. The minimum atomic E-state index is -3.52. The van der Waals surface area contributed by atoms with Crippen LogP contribution in [0.15, 0.2) is 89.8 Å². The van der Waals surface area contributed by atoms with Gasteiger partial charge in [-0.1, -0.05) is 92.6 Å². The van der Waals surface area contributed by atoms with Crippen molar-refractivity contribution in [2.75, 3.05) is 6.54 Å². The molecule has 2 amide bonds. The number of rotatable bonds is 16. The Balaban J connectivity index is 1.51. The van der Waals surface area contributed by atoms with Crippen LogP contribution in [-0.4, -0.2) is 43.8 Å². The second-order valence-electron chi connectivity index (χ2n) is 10.8. The van der Waals surface area contributed by atoms with Gasteiger partial charge in [0.05, 0.1) is 4.90 Å². The molecule has 0 saturated heterocycles. The Kier molecular flexibility index (Phi) is 11.1. The molecule has 0 spiro atoms. The minimum Gasteiger partial charge on any atom is -0.354 e. The van der Waals surface area contributed by atoms with E-state index >= 15 is 0 Å². The third-order valence-corrected chi connectivity index (χ3v) is 8.84. The lowest BCUT2D eigenvalue weighted by Crippen LogP contribution is -2.50. The van der Waals surface area contributed by atoms with Gasteiger partial charge in [0.25, 0.3) is 0 Å². The van der Waals surface area contributed by atoms with E-state index in [9.17, 15) is 18.0 Å². The molecule has 1 unspecified atom stereocenters. The molecule has 4 rings (SSSR count). The van der Waals surface area contributed by atoms with E-state index in [1.807, 2.05) is 60.7 Å². The highest BCUT2D eigenvalue weighted by molar-refractivity contribution is 7.89. The second-order valence-corrected chi connectivity index (χ2v) is 12.5. The highest BCUT2D eigenvalue weighted by Gasteiger charge is 2.30. The molecule has 1 atom stereocenters. The molecule has 3 aromatic rings. The maximum atomic E-state index is 13.8. The van der Waals surface area contributed by atoms with E-state index in [1.165, 1.54) is 0 Å². The number of carbonyl (C=O) groups excluding carboxylic acids is 2. The molecular weight excluding hydrogens is 534 g/mol. The quantitative estimate of drug-likeness (QED) is 0.235. The number of hydrogen-bond acceptors (Lipinski definition) is 4. The van der Waals surface area contributed by atoms with Gasteiger partial charge in [-0.05, 0) is 54.5 Å². The fraction of sp³-hybridized carbons (Fsp3) is 0.394. The number of nitrogens with zero attached hydrogens (tertiary/aromatic N) is 1. The smallest absolute Gasteiger partial charge is 0.243 e. The summed E-state index contributed by atoms with van der Waals surface area (Å²) in [6.07, 6.45) is 5.81. The van der Waals surface area contributed by atoms with Crippen molar-refractivity contribution in [1.29, 1.82) is 0 Å². The lowest BCUT2D eigenvalue weighted by molar-refractivity contribution is -0.141. The monoisotopic (exact) mass is 575 g/mol. The summed E-state index contributed by atoms with van der Waals surface area (Å²) in [7, 11) is -3.52. The van der Waals surface area contributed by atoms with Crippen molar-refractivity contribution in [2.24, 2.45) is 0 Å². The average molecular weight is 576 g/mol. The highest BCUT2D eigenvalue weighted by atomic mass is 32.2. The molecule has 3 aromatic carbocycles. The van der Waals surface area contributed by atoms with Crippen LogP contribution in [0.25, 0.3) is 0 Å². The van der Waals surface area contributed by atoms with Crippen LogP contribution in [0.4, 0.5) is 0 Å². The number of amides is 2. The summed E-state index contributed by atoms with van der Waals surface area (Å²) in [5.41, 5.74) is 2.81. The van der Waals surface area contributed by atoms with Gasteiger partial charge in [-0.25, -0.2) is 13.1 Å². The van der Waals surface area contributed by atoms with Crippen molar-refractivity contribution in [3.8, 4) is 0 Å². The maximum absolute atomic E-state index is 13.8. The van der Waals surface area contributed by atoms with Crippen molar-refractivity contribution in [1.82, 2.24) is 14.9 Å². The number of unbranched alkanes of at least 4 members (excludes halogenated alkanes) is 2. The van der Waals surface area contributed by atoms with Gasteiger partial charge in [0, 0.05) is 32.0 Å². The van der Waals surface area contributed by atoms with Crippen molar-refractivity contribution < 1.29 is 18.0 Å². The number of aryl methyl sites for hydroxylation is 1. The molecule has 218 valence electrons. The maximum Gasteiger partial charge on any atom is 0.243 e. The van der Waals surface area contributed by atoms with Gasteiger partial charge in [0.1, 0.15) is 6.04 Å². The average Bonchev–Trinajstić information content (AvgIpc) is 3.80. The van der Waals surface area contributed by atoms with Gasteiger partial charge in [-0.15, -0.1) is 0 Å². The van der Waals surface area contributed by atoms with Crippen LogP contribution in [0, 0.1) is 0 Å². The van der Waals surface area contributed by atoms with Gasteiger partial charge >= 0.3 is 0 Å². The van der Waals surface area contributed by atoms with Crippen molar-refractivity contribution in [3.63, 3.8) is 0 Å². The minimum absolute atomic E-state index is 0.0422. The van der Waals surface area contributed by atoms with Crippen molar-refractivity contribution in [3.05, 3.63) is 102 Å². The third-order valence-electron chi connectivity index (χ3n) is 7.31. The highest BCUT2D eigenvalue weighted by Crippen LogP contribution is 2.23. The normalized spacial score (nSPS) is 13.9. The number of nitrogens with one attached hydrogen (secondary N) is 2. The number of sulfonamides is 1. The first-order valence-electron chi connectivity index (χ1n) is 14.6. The molecule has 1 aliphatic rings. The van der Waals surface area contributed by atoms with Crippen LogP contribution in [-0.2, 0) is 39.0 Å². The molecule has 7 nitrogen and oxygen atoms in total. The molecule has 0 aromatic heterocycles. The van der Waals surface area contributed by atoms with E-state index in [0.717, 1.165) is 48.8 Å². The van der Waals surface area contributed by atoms with Gasteiger partial charge in [-0.2, -0.15) is 0 Å². The number of hydrogen-bond donors (Lipinski definition) is 2. The zero-order chi connectivity index (χ0) is 29.1. The molecule has 8 heteroatoms. The van der Waals surface area contributed by atoms with Gasteiger partial charge in [0.15, 0.2) is 0 Å². The van der Waals surface area contributed by atoms with Crippen LogP contribution in [0.3, 0.4) is 0 Å². The topological polar surface area (TPSA) is 95.6 Å². The third kappa shape index (κ3) is 9.54. The van der Waals surface area contributed by atoms with Crippen LogP contribution < -0.4 is 10.0 Å². The molecule has 0 aliphatic heterocycles. The molecular formula is C33H41N3O4S. The molecule has 0 bridgehead atoms.